The molecule has 2 heterocycles. The zero-order valence-corrected chi connectivity index (χ0v) is 21.5. The van der Waals surface area contributed by atoms with Crippen molar-refractivity contribution < 1.29 is 9.53 Å². The Morgan fingerprint density at radius 2 is 1.83 bits per heavy atom. The van der Waals surface area contributed by atoms with Crippen molar-refractivity contribution in [1.29, 1.82) is 0 Å². The molecule has 0 saturated heterocycles. The number of imidazole rings is 1. The van der Waals surface area contributed by atoms with E-state index < -0.39 is 5.54 Å². The predicted molar refractivity (Wildman–Crippen MR) is 141 cm³/mol. The van der Waals surface area contributed by atoms with Crippen LogP contribution in [0.3, 0.4) is 0 Å². The average molecular weight is 531 g/mol. The molecule has 1 aromatic heterocycles. The summed E-state index contributed by atoms with van der Waals surface area (Å²) < 4.78 is 8.36. The zero-order valence-electron chi connectivity index (χ0n) is 19.9. The number of carbonyl (C=O) groups excluding carboxylic acids is 1. The van der Waals surface area contributed by atoms with Crippen LogP contribution in [0.1, 0.15) is 40.3 Å². The highest BCUT2D eigenvalue weighted by molar-refractivity contribution is 9.10. The normalized spacial score (nSPS) is 17.1. The van der Waals surface area contributed by atoms with Crippen LogP contribution in [0, 0.1) is 0 Å². The van der Waals surface area contributed by atoms with Crippen molar-refractivity contribution >= 4 is 27.5 Å². The van der Waals surface area contributed by atoms with Gasteiger partial charge in [-0.3, -0.25) is 4.79 Å². The molecule has 4 aromatic rings. The topological polar surface area (TPSA) is 73.4 Å². The number of amides is 1. The molecule has 7 heteroatoms. The second-order valence-electron chi connectivity index (χ2n) is 8.97. The fourth-order valence-electron chi connectivity index (χ4n) is 5.03. The van der Waals surface area contributed by atoms with Crippen LogP contribution in [0.15, 0.2) is 83.7 Å². The van der Waals surface area contributed by atoms with Crippen LogP contribution in [0.4, 0.5) is 5.69 Å². The molecule has 6 nitrogen and oxygen atoms in total. The highest BCUT2D eigenvalue weighted by atomic mass is 79.9. The maximum absolute atomic E-state index is 12.9. The third-order valence-electron chi connectivity index (χ3n) is 6.97. The third kappa shape index (κ3) is 3.94. The Morgan fingerprint density at radius 3 is 2.54 bits per heavy atom. The third-order valence-corrected chi connectivity index (χ3v) is 7.46. The van der Waals surface area contributed by atoms with Gasteiger partial charge in [0.05, 0.1) is 25.3 Å². The Kier molecular flexibility index (Phi) is 5.99. The molecular formula is C28H27BrN4O2. The summed E-state index contributed by atoms with van der Waals surface area (Å²) in [6.45, 7) is 0. The summed E-state index contributed by atoms with van der Waals surface area (Å²) >= 11 is 3.60. The molecule has 0 spiro atoms. The van der Waals surface area contributed by atoms with Crippen LogP contribution in [-0.2, 0) is 17.4 Å². The first-order valence-corrected chi connectivity index (χ1v) is 12.2. The smallest absolute Gasteiger partial charge is 0.227 e. The lowest BCUT2D eigenvalue weighted by atomic mass is 9.77. The fourth-order valence-corrected chi connectivity index (χ4v) is 5.43. The van der Waals surface area contributed by atoms with Gasteiger partial charge in [0.1, 0.15) is 11.3 Å². The number of nitrogens with zero attached hydrogens (tertiary/aromatic N) is 3. The SMILES string of the molecule is COc1cccc(C2CC(=O)N(C)c3ccc(C(N)(c4cccc(Br)c4)c4cncn4C)cc32)c1. The maximum Gasteiger partial charge on any atom is 0.227 e. The van der Waals surface area contributed by atoms with Gasteiger partial charge in [-0.15, -0.1) is 0 Å². The van der Waals surface area contributed by atoms with Crippen LogP contribution >= 0.6 is 15.9 Å². The van der Waals surface area contributed by atoms with Gasteiger partial charge >= 0.3 is 0 Å². The Labute approximate surface area is 213 Å². The van der Waals surface area contributed by atoms with E-state index in [1.165, 1.54) is 0 Å². The molecule has 0 fully saturated rings. The van der Waals surface area contributed by atoms with Gasteiger partial charge in [0.15, 0.2) is 0 Å². The molecule has 1 amide bonds. The number of carbonyl (C=O) groups is 1. The Hall–Kier alpha value is -3.42. The summed E-state index contributed by atoms with van der Waals surface area (Å²) in [6, 6.07) is 22.2. The number of hydrogen-bond acceptors (Lipinski definition) is 4. The Balaban J connectivity index is 1.73. The molecule has 0 saturated carbocycles. The first-order chi connectivity index (χ1) is 16.8. The minimum atomic E-state index is -0.955. The van der Waals surface area contributed by atoms with Crippen molar-refractivity contribution in [2.75, 3.05) is 19.1 Å². The van der Waals surface area contributed by atoms with Gasteiger partial charge in [0.2, 0.25) is 5.91 Å². The van der Waals surface area contributed by atoms with Gasteiger partial charge in [-0.2, -0.15) is 0 Å². The lowest BCUT2D eigenvalue weighted by Crippen LogP contribution is -2.41. The maximum atomic E-state index is 12.9. The quantitative estimate of drug-likeness (QED) is 0.396. The number of ether oxygens (including phenoxy) is 1. The average Bonchev–Trinajstić information content (AvgIpc) is 3.31. The van der Waals surface area contributed by atoms with Crippen LogP contribution < -0.4 is 15.4 Å². The van der Waals surface area contributed by atoms with E-state index in [1.54, 1.807) is 18.3 Å². The molecule has 2 N–H and O–H groups in total. The van der Waals surface area contributed by atoms with E-state index in [2.05, 4.69) is 27.0 Å². The van der Waals surface area contributed by atoms with Crippen molar-refractivity contribution in [3.05, 3.63) is 112 Å². The second kappa shape index (κ2) is 8.98. The number of nitrogens with two attached hydrogens (primary N) is 1. The van der Waals surface area contributed by atoms with Crippen LogP contribution in [0.25, 0.3) is 0 Å². The van der Waals surface area contributed by atoms with Crippen LogP contribution in [0.5, 0.6) is 5.75 Å². The monoisotopic (exact) mass is 530 g/mol. The van der Waals surface area contributed by atoms with E-state index in [9.17, 15) is 4.79 Å². The number of methoxy groups -OCH3 is 1. The first-order valence-electron chi connectivity index (χ1n) is 11.4. The highest BCUT2D eigenvalue weighted by Crippen LogP contribution is 2.44. The zero-order chi connectivity index (χ0) is 24.7. The summed E-state index contributed by atoms with van der Waals surface area (Å²) in [4.78, 5) is 19.0. The molecule has 178 valence electrons. The van der Waals surface area contributed by atoms with Gasteiger partial charge in [0.25, 0.3) is 0 Å². The molecule has 0 aliphatic carbocycles. The minimum absolute atomic E-state index is 0.0794. The van der Waals surface area contributed by atoms with E-state index >= 15 is 0 Å². The first kappa shape index (κ1) is 23.3. The minimum Gasteiger partial charge on any atom is -0.497 e. The number of aryl methyl sites for hydroxylation is 1. The van der Waals surface area contributed by atoms with E-state index in [4.69, 9.17) is 10.5 Å². The second-order valence-corrected chi connectivity index (χ2v) is 9.88. The standard InChI is InChI=1S/C28H27BrN4O2/c1-32-17-31-16-26(32)28(30,19-7-5-8-21(29)13-19)20-10-11-25-24(14-20)23(15-27(34)33(25)2)18-6-4-9-22(12-18)35-3/h4-14,16-17,23H,15,30H2,1-3H3. The molecule has 2 atom stereocenters. The van der Waals surface area contributed by atoms with Gasteiger partial charge in [-0.1, -0.05) is 52.3 Å². The molecule has 0 radical (unpaired) electrons. The van der Waals surface area contributed by atoms with Crippen molar-refractivity contribution in [3.63, 3.8) is 0 Å². The summed E-state index contributed by atoms with van der Waals surface area (Å²) in [5, 5.41) is 0. The molecule has 0 bridgehead atoms. The van der Waals surface area contributed by atoms with Gasteiger partial charge in [0, 0.05) is 36.6 Å². The van der Waals surface area contributed by atoms with Crippen molar-refractivity contribution in [2.45, 2.75) is 17.9 Å². The summed E-state index contributed by atoms with van der Waals surface area (Å²) in [5.74, 6) is 0.738. The van der Waals surface area contributed by atoms with E-state index in [1.807, 2.05) is 85.5 Å². The van der Waals surface area contributed by atoms with E-state index in [0.717, 1.165) is 43.9 Å². The fraction of sp³-hybridized carbons (Fsp3) is 0.214. The molecule has 3 aromatic carbocycles. The van der Waals surface area contributed by atoms with Gasteiger partial charge in [-0.25, -0.2) is 4.98 Å². The van der Waals surface area contributed by atoms with Crippen LogP contribution in [0.2, 0.25) is 0 Å². The number of rotatable bonds is 5. The van der Waals surface area contributed by atoms with Gasteiger partial charge < -0.3 is 19.9 Å². The molecule has 35 heavy (non-hydrogen) atoms. The van der Waals surface area contributed by atoms with Crippen molar-refractivity contribution in [1.82, 2.24) is 9.55 Å². The number of benzene rings is 3. The molecule has 1 aliphatic heterocycles. The Morgan fingerprint density at radius 1 is 1.06 bits per heavy atom. The van der Waals surface area contributed by atoms with E-state index in [0.29, 0.717) is 6.42 Å². The lowest BCUT2D eigenvalue weighted by Gasteiger charge is -2.36. The number of aromatic nitrogens is 2. The molecular weight excluding hydrogens is 504 g/mol. The van der Waals surface area contributed by atoms with Crippen LogP contribution in [-0.4, -0.2) is 29.6 Å². The largest absolute Gasteiger partial charge is 0.497 e. The number of halogens is 1. The van der Waals surface area contributed by atoms with E-state index in [-0.39, 0.29) is 11.8 Å². The summed E-state index contributed by atoms with van der Waals surface area (Å²) in [5.41, 5.74) is 12.1. The number of anilines is 1. The molecule has 2 unspecified atom stereocenters. The Bertz CT molecular complexity index is 1420. The lowest BCUT2D eigenvalue weighted by molar-refractivity contribution is -0.118. The highest BCUT2D eigenvalue weighted by Gasteiger charge is 2.38. The number of hydrogen-bond donors (Lipinski definition) is 1. The summed E-state index contributed by atoms with van der Waals surface area (Å²) in [7, 11) is 5.43. The van der Waals surface area contributed by atoms with Crippen molar-refractivity contribution in [3.8, 4) is 5.75 Å². The summed E-state index contributed by atoms with van der Waals surface area (Å²) in [6.07, 6.45) is 3.95. The number of fused-ring (bicyclic) bond motifs is 1. The van der Waals surface area contributed by atoms with Gasteiger partial charge in [-0.05, 0) is 52.6 Å². The predicted octanol–water partition coefficient (Wildman–Crippen LogP) is 4.94. The van der Waals surface area contributed by atoms with Crippen molar-refractivity contribution in [2.24, 2.45) is 12.8 Å². The molecule has 1 aliphatic rings. The molecule has 5 rings (SSSR count).